The van der Waals surface area contributed by atoms with Gasteiger partial charge in [0, 0.05) is 0 Å². The van der Waals surface area contributed by atoms with E-state index in [1.54, 1.807) is 49.6 Å². The van der Waals surface area contributed by atoms with Crippen LogP contribution in [0.5, 0.6) is 5.75 Å². The molecule has 0 atom stereocenters. The zero-order valence-electron chi connectivity index (χ0n) is 17.0. The Balaban J connectivity index is 1.74. The van der Waals surface area contributed by atoms with E-state index in [-0.39, 0.29) is 18.7 Å². The van der Waals surface area contributed by atoms with E-state index in [9.17, 15) is 14.7 Å². The standard InChI is InChI=1S/C24H22N2O5/c1-30-20-13-11-18(12-14-20)15-25-31-17-23(27)26(16-19-7-3-2-4-8-19)22-10-6-5-9-21(22)24(28)29/h2-15H,16-17H2,1H3,(H,28,29)/b25-15+. The van der Waals surface area contributed by atoms with Crippen LogP contribution in [-0.2, 0) is 16.2 Å². The van der Waals surface area contributed by atoms with Crippen LogP contribution < -0.4 is 9.64 Å². The highest BCUT2D eigenvalue weighted by atomic mass is 16.6. The van der Waals surface area contributed by atoms with Gasteiger partial charge in [0.2, 0.25) is 0 Å². The summed E-state index contributed by atoms with van der Waals surface area (Å²) in [5.74, 6) is -0.800. The van der Waals surface area contributed by atoms with Gasteiger partial charge in [0.05, 0.1) is 31.1 Å². The van der Waals surface area contributed by atoms with E-state index in [1.807, 2.05) is 30.3 Å². The molecule has 7 heteroatoms. The Hall–Kier alpha value is -4.13. The average molecular weight is 418 g/mol. The zero-order chi connectivity index (χ0) is 22.1. The first kappa shape index (κ1) is 21.6. The van der Waals surface area contributed by atoms with Crippen molar-refractivity contribution in [1.82, 2.24) is 0 Å². The summed E-state index contributed by atoms with van der Waals surface area (Å²) in [5.41, 5.74) is 1.98. The second-order valence-corrected chi connectivity index (χ2v) is 6.57. The molecule has 3 aromatic rings. The number of methoxy groups -OCH3 is 1. The topological polar surface area (TPSA) is 88.4 Å². The zero-order valence-corrected chi connectivity index (χ0v) is 17.0. The van der Waals surface area contributed by atoms with Gasteiger partial charge in [-0.1, -0.05) is 47.6 Å². The van der Waals surface area contributed by atoms with Crippen LogP contribution >= 0.6 is 0 Å². The normalized spacial score (nSPS) is 10.6. The van der Waals surface area contributed by atoms with Gasteiger partial charge in [-0.3, -0.25) is 4.79 Å². The second kappa shape index (κ2) is 10.6. The molecule has 0 unspecified atom stereocenters. The van der Waals surface area contributed by atoms with Gasteiger partial charge in [-0.2, -0.15) is 0 Å². The number of anilines is 1. The SMILES string of the molecule is COc1ccc(/C=N/OCC(=O)N(Cc2ccccc2)c2ccccc2C(=O)O)cc1. The van der Waals surface area contributed by atoms with Gasteiger partial charge < -0.3 is 19.6 Å². The molecule has 0 aromatic heterocycles. The third kappa shape index (κ3) is 5.93. The summed E-state index contributed by atoms with van der Waals surface area (Å²) in [6, 6.07) is 22.9. The molecule has 3 aromatic carbocycles. The van der Waals surface area contributed by atoms with Crippen LogP contribution in [0.1, 0.15) is 21.5 Å². The number of aromatic carboxylic acids is 1. The number of benzene rings is 3. The number of para-hydroxylation sites is 1. The Morgan fingerprint density at radius 1 is 0.968 bits per heavy atom. The molecular formula is C24H22N2O5. The van der Waals surface area contributed by atoms with Gasteiger partial charge in [-0.05, 0) is 47.5 Å². The Bertz CT molecular complexity index is 1050. The van der Waals surface area contributed by atoms with Gasteiger partial charge in [-0.25, -0.2) is 4.79 Å². The van der Waals surface area contributed by atoms with Gasteiger partial charge in [-0.15, -0.1) is 0 Å². The number of hydrogen-bond acceptors (Lipinski definition) is 5. The average Bonchev–Trinajstić information content (AvgIpc) is 2.81. The molecule has 0 radical (unpaired) electrons. The second-order valence-electron chi connectivity index (χ2n) is 6.57. The molecule has 0 aliphatic heterocycles. The molecule has 0 fully saturated rings. The maximum Gasteiger partial charge on any atom is 0.337 e. The number of oxime groups is 1. The van der Waals surface area contributed by atoms with Crippen molar-refractivity contribution in [2.75, 3.05) is 18.6 Å². The Labute approximate surface area is 180 Å². The van der Waals surface area contributed by atoms with Crippen LogP contribution in [0.3, 0.4) is 0 Å². The molecule has 1 amide bonds. The Kier molecular flexibility index (Phi) is 7.37. The molecule has 0 aliphatic carbocycles. The summed E-state index contributed by atoms with van der Waals surface area (Å²) in [5, 5.41) is 13.4. The summed E-state index contributed by atoms with van der Waals surface area (Å²) < 4.78 is 5.10. The van der Waals surface area contributed by atoms with Crippen LogP contribution in [-0.4, -0.2) is 36.9 Å². The van der Waals surface area contributed by atoms with Crippen LogP contribution in [0.2, 0.25) is 0 Å². The maximum absolute atomic E-state index is 12.9. The molecule has 0 bridgehead atoms. The van der Waals surface area contributed by atoms with E-state index >= 15 is 0 Å². The third-order valence-electron chi connectivity index (χ3n) is 4.49. The number of rotatable bonds is 9. The quantitative estimate of drug-likeness (QED) is 0.419. The number of carboxylic acid groups (broad SMARTS) is 1. The molecular weight excluding hydrogens is 396 g/mol. The minimum atomic E-state index is -1.11. The third-order valence-corrected chi connectivity index (χ3v) is 4.49. The maximum atomic E-state index is 12.9. The fourth-order valence-corrected chi connectivity index (χ4v) is 2.92. The predicted molar refractivity (Wildman–Crippen MR) is 118 cm³/mol. The van der Waals surface area contributed by atoms with E-state index in [0.717, 1.165) is 16.9 Å². The molecule has 0 spiro atoms. The molecule has 0 heterocycles. The molecule has 158 valence electrons. The van der Waals surface area contributed by atoms with Gasteiger partial charge in [0.15, 0.2) is 6.61 Å². The van der Waals surface area contributed by atoms with E-state index in [0.29, 0.717) is 5.69 Å². The number of nitrogens with zero attached hydrogens (tertiary/aromatic N) is 2. The van der Waals surface area contributed by atoms with Crippen molar-refractivity contribution in [2.45, 2.75) is 6.54 Å². The summed E-state index contributed by atoms with van der Waals surface area (Å²) in [7, 11) is 1.58. The Morgan fingerprint density at radius 3 is 2.32 bits per heavy atom. The molecule has 7 nitrogen and oxygen atoms in total. The van der Waals surface area contributed by atoms with Crippen molar-refractivity contribution in [1.29, 1.82) is 0 Å². The van der Waals surface area contributed by atoms with Gasteiger partial charge in [0.25, 0.3) is 5.91 Å². The lowest BCUT2D eigenvalue weighted by Crippen LogP contribution is -2.34. The largest absolute Gasteiger partial charge is 0.497 e. The highest BCUT2D eigenvalue weighted by Crippen LogP contribution is 2.23. The van der Waals surface area contributed by atoms with Crippen molar-refractivity contribution in [3.05, 3.63) is 95.6 Å². The molecule has 0 aliphatic rings. The molecule has 1 N–H and O–H groups in total. The van der Waals surface area contributed by atoms with E-state index in [1.165, 1.54) is 17.2 Å². The summed E-state index contributed by atoms with van der Waals surface area (Å²) in [6.45, 7) is -0.136. The first-order valence-electron chi connectivity index (χ1n) is 9.54. The summed E-state index contributed by atoms with van der Waals surface area (Å²) in [4.78, 5) is 31.2. The Morgan fingerprint density at radius 2 is 1.65 bits per heavy atom. The van der Waals surface area contributed by atoms with E-state index in [4.69, 9.17) is 9.57 Å². The number of carbonyl (C=O) groups excluding carboxylic acids is 1. The first-order valence-corrected chi connectivity index (χ1v) is 9.54. The van der Waals surface area contributed by atoms with Crippen molar-refractivity contribution < 1.29 is 24.3 Å². The number of carbonyl (C=O) groups is 2. The molecule has 3 rings (SSSR count). The highest BCUT2D eigenvalue weighted by molar-refractivity contribution is 6.02. The monoisotopic (exact) mass is 418 g/mol. The van der Waals surface area contributed by atoms with Crippen molar-refractivity contribution in [3.8, 4) is 5.75 Å². The number of carboxylic acids is 1. The van der Waals surface area contributed by atoms with Crippen LogP contribution in [0, 0.1) is 0 Å². The first-order chi connectivity index (χ1) is 15.1. The molecule has 31 heavy (non-hydrogen) atoms. The summed E-state index contributed by atoms with van der Waals surface area (Å²) >= 11 is 0. The molecule has 0 saturated heterocycles. The van der Waals surface area contributed by atoms with Gasteiger partial charge >= 0.3 is 5.97 Å². The summed E-state index contributed by atoms with van der Waals surface area (Å²) in [6.07, 6.45) is 1.49. The number of amides is 1. The van der Waals surface area contributed by atoms with Crippen molar-refractivity contribution in [2.24, 2.45) is 5.16 Å². The lowest BCUT2D eigenvalue weighted by atomic mass is 10.1. The van der Waals surface area contributed by atoms with Crippen molar-refractivity contribution >= 4 is 23.8 Å². The number of ether oxygens (including phenoxy) is 1. The fraction of sp³-hybridized carbons (Fsp3) is 0.125. The minimum Gasteiger partial charge on any atom is -0.497 e. The van der Waals surface area contributed by atoms with E-state index < -0.39 is 11.9 Å². The van der Waals surface area contributed by atoms with Crippen molar-refractivity contribution in [3.63, 3.8) is 0 Å². The van der Waals surface area contributed by atoms with Crippen LogP contribution in [0.25, 0.3) is 0 Å². The lowest BCUT2D eigenvalue weighted by molar-refractivity contribution is -0.123. The highest BCUT2D eigenvalue weighted by Gasteiger charge is 2.22. The lowest BCUT2D eigenvalue weighted by Gasteiger charge is -2.24. The van der Waals surface area contributed by atoms with Crippen LogP contribution in [0.15, 0.2) is 84.0 Å². The van der Waals surface area contributed by atoms with Gasteiger partial charge in [0.1, 0.15) is 5.75 Å². The smallest absolute Gasteiger partial charge is 0.337 e. The predicted octanol–water partition coefficient (Wildman–Crippen LogP) is 3.98. The fourth-order valence-electron chi connectivity index (χ4n) is 2.92. The van der Waals surface area contributed by atoms with E-state index in [2.05, 4.69) is 5.16 Å². The number of hydrogen-bond donors (Lipinski definition) is 1. The molecule has 0 saturated carbocycles. The minimum absolute atomic E-state index is 0.0357. The van der Waals surface area contributed by atoms with Crippen LogP contribution in [0.4, 0.5) is 5.69 Å².